The molecule has 0 radical (unpaired) electrons. The molecular weight excluding hydrogens is 593 g/mol. The number of aromatic nitrogens is 6. The molecule has 11 nitrogen and oxygen atoms in total. The predicted octanol–water partition coefficient (Wildman–Crippen LogP) is 5.02. The van der Waals surface area contributed by atoms with Gasteiger partial charge in [-0.25, -0.2) is 4.98 Å². The number of aromatic hydroxyl groups is 1. The Labute approximate surface area is 239 Å². The van der Waals surface area contributed by atoms with Gasteiger partial charge in [0.15, 0.2) is 0 Å². The lowest BCUT2D eigenvalue weighted by molar-refractivity contribution is 0.477. The number of aryl methyl sites for hydroxylation is 1. The summed E-state index contributed by atoms with van der Waals surface area (Å²) in [4.78, 5) is 20.0. The van der Waals surface area contributed by atoms with Crippen molar-refractivity contribution in [2.75, 3.05) is 42.5 Å². The molecule has 0 unspecified atom stereocenters. The van der Waals surface area contributed by atoms with Crippen LogP contribution < -0.4 is 20.8 Å². The van der Waals surface area contributed by atoms with Crippen LogP contribution in [0.25, 0.3) is 22.2 Å². The molecule has 5 aromatic rings. The van der Waals surface area contributed by atoms with Crippen molar-refractivity contribution < 1.29 is 9.67 Å². The molecule has 13 heteroatoms. The van der Waals surface area contributed by atoms with Crippen LogP contribution in [0.5, 0.6) is 5.75 Å². The SMILES string of the molecule is CN1CCc2nn(C)cc2-c2cc(Nc3ncc(Br)c(Nc4ccc5nccnc5c4P(C)(C)=O)n3)c(O)cc21. The first-order valence-corrected chi connectivity index (χ1v) is 15.9. The van der Waals surface area contributed by atoms with Gasteiger partial charge in [-0.2, -0.15) is 10.1 Å². The zero-order valence-electron chi connectivity index (χ0n) is 22.3. The van der Waals surface area contributed by atoms with Crippen molar-refractivity contribution in [2.45, 2.75) is 6.42 Å². The summed E-state index contributed by atoms with van der Waals surface area (Å²) >= 11 is 3.52. The van der Waals surface area contributed by atoms with E-state index in [1.54, 1.807) is 38.0 Å². The number of nitrogens with zero attached hydrogens (tertiary/aromatic N) is 7. The van der Waals surface area contributed by atoms with Crippen molar-refractivity contribution >= 4 is 68.2 Å². The zero-order chi connectivity index (χ0) is 28.2. The van der Waals surface area contributed by atoms with E-state index in [0.717, 1.165) is 35.5 Å². The summed E-state index contributed by atoms with van der Waals surface area (Å²) in [7, 11) is 1.16. The molecule has 0 saturated heterocycles. The van der Waals surface area contributed by atoms with Crippen molar-refractivity contribution in [1.29, 1.82) is 0 Å². The Morgan fingerprint density at radius 1 is 1.02 bits per heavy atom. The number of benzene rings is 2. The first-order chi connectivity index (χ1) is 19.1. The number of phenols is 1. The van der Waals surface area contributed by atoms with E-state index < -0.39 is 7.14 Å². The van der Waals surface area contributed by atoms with E-state index in [2.05, 4.69) is 56.5 Å². The average Bonchev–Trinajstić information content (AvgIpc) is 3.24. The Morgan fingerprint density at radius 2 is 1.82 bits per heavy atom. The summed E-state index contributed by atoms with van der Waals surface area (Å²) < 4.78 is 15.7. The fraction of sp³-hybridized carbons (Fsp3) is 0.222. The Balaban J connectivity index is 1.38. The minimum atomic E-state index is -2.75. The first kappa shape index (κ1) is 26.2. The number of anilines is 5. The third-order valence-corrected chi connectivity index (χ3v) is 8.91. The Hall–Kier alpha value is -4.02. The number of halogens is 1. The molecule has 3 N–H and O–H groups in total. The summed E-state index contributed by atoms with van der Waals surface area (Å²) in [6, 6.07) is 7.31. The van der Waals surface area contributed by atoms with E-state index in [4.69, 9.17) is 0 Å². The summed E-state index contributed by atoms with van der Waals surface area (Å²) in [6.45, 7) is 4.20. The molecule has 4 heterocycles. The van der Waals surface area contributed by atoms with Crippen LogP contribution in [0.1, 0.15) is 5.69 Å². The topological polar surface area (TPSA) is 134 Å². The number of hydrogen-bond acceptors (Lipinski definition) is 10. The first-order valence-electron chi connectivity index (χ1n) is 12.6. The maximum atomic E-state index is 13.3. The van der Waals surface area contributed by atoms with Gasteiger partial charge in [0.25, 0.3) is 0 Å². The lowest BCUT2D eigenvalue weighted by Crippen LogP contribution is -2.19. The number of nitrogens with one attached hydrogen (secondary N) is 2. The molecule has 0 amide bonds. The van der Waals surface area contributed by atoms with Gasteiger partial charge in [0, 0.05) is 74.7 Å². The molecule has 2 aromatic carbocycles. The van der Waals surface area contributed by atoms with Gasteiger partial charge < -0.3 is 25.2 Å². The molecule has 1 aliphatic rings. The lowest BCUT2D eigenvalue weighted by atomic mass is 10.0. The average molecular weight is 620 g/mol. The molecule has 0 atom stereocenters. The normalized spacial score (nSPS) is 13.1. The third-order valence-electron chi connectivity index (χ3n) is 6.80. The van der Waals surface area contributed by atoms with Crippen LogP contribution >= 0.6 is 23.1 Å². The van der Waals surface area contributed by atoms with Gasteiger partial charge in [0.05, 0.1) is 32.4 Å². The highest BCUT2D eigenvalue weighted by atomic mass is 79.9. The number of phenolic OH excluding ortho intramolecular Hbond substituents is 1. The van der Waals surface area contributed by atoms with Gasteiger partial charge in [-0.05, 0) is 47.5 Å². The lowest BCUT2D eigenvalue weighted by Gasteiger charge is -2.21. The van der Waals surface area contributed by atoms with E-state index in [1.165, 1.54) is 0 Å². The van der Waals surface area contributed by atoms with Crippen LogP contribution in [-0.2, 0) is 18.0 Å². The minimum Gasteiger partial charge on any atom is -0.506 e. The Bertz CT molecular complexity index is 1840. The standard InChI is InChI=1S/C27H27BrN9O2P/c1-36-10-7-18-16(14-37(2)35-18)15-11-21(23(38)12-22(15)36)33-27-31-13-17(28)26(34-27)32-20-6-5-19-24(30-9-8-29-19)25(20)40(3,4)39/h5-6,8-9,11-14,38H,7,10H2,1-4H3,(H2,31,32,33,34). The summed E-state index contributed by atoms with van der Waals surface area (Å²) in [5, 5.41) is 22.6. The molecule has 0 bridgehead atoms. The molecule has 6 rings (SSSR count). The fourth-order valence-corrected chi connectivity index (χ4v) is 6.66. The van der Waals surface area contributed by atoms with E-state index in [0.29, 0.717) is 38.0 Å². The Morgan fingerprint density at radius 3 is 2.62 bits per heavy atom. The molecule has 0 saturated carbocycles. The number of hydrogen-bond donors (Lipinski definition) is 3. The van der Waals surface area contributed by atoms with Crippen LogP contribution in [0.3, 0.4) is 0 Å². The second-order valence-corrected chi connectivity index (χ2v) is 14.1. The maximum Gasteiger partial charge on any atom is 0.229 e. The third kappa shape index (κ3) is 4.77. The predicted molar refractivity (Wildman–Crippen MR) is 162 cm³/mol. The molecule has 40 heavy (non-hydrogen) atoms. The van der Waals surface area contributed by atoms with Gasteiger partial charge in [-0.1, -0.05) is 0 Å². The van der Waals surface area contributed by atoms with Crippen LogP contribution in [-0.4, -0.2) is 61.7 Å². The largest absolute Gasteiger partial charge is 0.506 e. The molecule has 0 fully saturated rings. The maximum absolute atomic E-state index is 13.3. The van der Waals surface area contributed by atoms with Crippen LogP contribution in [0, 0.1) is 0 Å². The highest BCUT2D eigenvalue weighted by molar-refractivity contribution is 9.10. The quantitative estimate of drug-likeness (QED) is 0.182. The Kier molecular flexibility index (Phi) is 6.47. The second-order valence-electron chi connectivity index (χ2n) is 10.1. The van der Waals surface area contributed by atoms with Gasteiger partial charge in [-0.3, -0.25) is 14.6 Å². The van der Waals surface area contributed by atoms with Crippen LogP contribution in [0.4, 0.5) is 28.8 Å². The molecule has 3 aromatic heterocycles. The number of likely N-dealkylation sites (N-methyl/N-ethyl adjacent to an activating group) is 1. The van der Waals surface area contributed by atoms with Gasteiger partial charge in [0.1, 0.15) is 24.2 Å². The van der Waals surface area contributed by atoms with Gasteiger partial charge in [-0.15, -0.1) is 0 Å². The van der Waals surface area contributed by atoms with Crippen LogP contribution in [0.2, 0.25) is 0 Å². The molecule has 204 valence electrons. The molecule has 0 spiro atoms. The second kappa shape index (κ2) is 9.87. The summed E-state index contributed by atoms with van der Waals surface area (Å²) in [5.74, 6) is 0.805. The van der Waals surface area contributed by atoms with Gasteiger partial charge >= 0.3 is 0 Å². The van der Waals surface area contributed by atoms with E-state index in [9.17, 15) is 9.67 Å². The van der Waals surface area contributed by atoms with Crippen molar-refractivity contribution in [1.82, 2.24) is 29.7 Å². The zero-order valence-corrected chi connectivity index (χ0v) is 24.8. The van der Waals surface area contributed by atoms with Crippen molar-refractivity contribution in [3.8, 4) is 16.9 Å². The smallest absolute Gasteiger partial charge is 0.229 e. The summed E-state index contributed by atoms with van der Waals surface area (Å²) in [6.07, 6.45) is 7.62. The molecular formula is C27H27BrN9O2P. The van der Waals surface area contributed by atoms with E-state index >= 15 is 0 Å². The highest BCUT2D eigenvalue weighted by Gasteiger charge is 2.24. The molecule has 0 aliphatic carbocycles. The fourth-order valence-electron chi connectivity index (χ4n) is 4.98. The van der Waals surface area contributed by atoms with Gasteiger partial charge in [0.2, 0.25) is 5.95 Å². The number of rotatable bonds is 5. The van der Waals surface area contributed by atoms with Crippen molar-refractivity contribution in [2.24, 2.45) is 7.05 Å². The minimum absolute atomic E-state index is 0.0762. The highest BCUT2D eigenvalue weighted by Crippen LogP contribution is 2.43. The summed E-state index contributed by atoms with van der Waals surface area (Å²) in [5.41, 5.74) is 6.25. The van der Waals surface area contributed by atoms with Crippen molar-refractivity contribution in [3.63, 3.8) is 0 Å². The monoisotopic (exact) mass is 619 g/mol. The van der Waals surface area contributed by atoms with Crippen molar-refractivity contribution in [3.05, 3.63) is 59.2 Å². The van der Waals surface area contributed by atoms with E-state index in [1.807, 2.05) is 43.2 Å². The van der Waals surface area contributed by atoms with Crippen LogP contribution in [0.15, 0.2) is 53.5 Å². The number of fused-ring (bicyclic) bond motifs is 4. The molecule has 1 aliphatic heterocycles. The van der Waals surface area contributed by atoms with E-state index in [-0.39, 0.29) is 11.7 Å².